The van der Waals surface area contributed by atoms with Gasteiger partial charge in [-0.15, -0.1) is 0 Å². The van der Waals surface area contributed by atoms with Crippen molar-refractivity contribution in [3.05, 3.63) is 36.2 Å². The Morgan fingerprint density at radius 3 is 2.41 bits per heavy atom. The van der Waals surface area contributed by atoms with Crippen LogP contribution < -0.4 is 5.73 Å². The molecule has 0 atom stereocenters. The van der Waals surface area contributed by atoms with Crippen LogP contribution in [0.3, 0.4) is 0 Å². The maximum atomic E-state index is 5.95. The van der Waals surface area contributed by atoms with Crippen LogP contribution in [0.2, 0.25) is 0 Å². The lowest BCUT2D eigenvalue weighted by atomic mass is 10.0. The molecule has 0 aliphatic carbocycles. The number of nitrogen functional groups attached to an aromatic ring is 1. The molecule has 1 aromatic heterocycles. The molecule has 2 N–H and O–H groups in total. The number of hydrogen-bond donors (Lipinski definition) is 1. The second-order valence-electron chi connectivity index (χ2n) is 3.67. The molecule has 17 heavy (non-hydrogen) atoms. The highest BCUT2D eigenvalue weighted by molar-refractivity contribution is 5.67. The average Bonchev–Trinajstić information content (AvgIpc) is 2.78. The lowest BCUT2D eigenvalue weighted by Gasteiger charge is -2.04. The van der Waals surface area contributed by atoms with E-state index in [4.69, 9.17) is 5.73 Å². The molecule has 0 saturated heterocycles. The highest BCUT2D eigenvalue weighted by Crippen LogP contribution is 2.23. The molecule has 3 nitrogen and oxygen atoms in total. The van der Waals surface area contributed by atoms with Crippen LogP contribution in [-0.4, -0.2) is 9.78 Å². The van der Waals surface area contributed by atoms with Gasteiger partial charge in [0.1, 0.15) is 0 Å². The second kappa shape index (κ2) is 6.09. The average molecular weight is 231 g/mol. The van der Waals surface area contributed by atoms with E-state index in [-0.39, 0.29) is 0 Å². The minimum atomic E-state index is 0.860. The number of anilines is 1. The number of benzene rings is 1. The number of hydrogen-bond acceptors (Lipinski definition) is 2. The molecule has 3 heteroatoms. The van der Waals surface area contributed by atoms with Gasteiger partial charge in [-0.05, 0) is 23.6 Å². The van der Waals surface area contributed by atoms with Gasteiger partial charge >= 0.3 is 0 Å². The van der Waals surface area contributed by atoms with E-state index in [9.17, 15) is 0 Å². The summed E-state index contributed by atoms with van der Waals surface area (Å²) in [6.45, 7) is 6.11. The summed E-state index contributed by atoms with van der Waals surface area (Å²) < 4.78 is 1.79. The summed E-state index contributed by atoms with van der Waals surface area (Å²) in [4.78, 5) is 0. The van der Waals surface area contributed by atoms with Crippen LogP contribution in [-0.2, 0) is 13.5 Å². The molecule has 0 saturated carbocycles. The van der Waals surface area contributed by atoms with Gasteiger partial charge in [-0.3, -0.25) is 4.68 Å². The number of rotatable bonds is 2. The lowest BCUT2D eigenvalue weighted by Crippen LogP contribution is -1.92. The van der Waals surface area contributed by atoms with E-state index in [2.05, 4.69) is 24.2 Å². The lowest BCUT2D eigenvalue weighted by molar-refractivity contribution is 0.768. The molecule has 2 rings (SSSR count). The first kappa shape index (κ1) is 13.3. The van der Waals surface area contributed by atoms with Crippen molar-refractivity contribution in [1.29, 1.82) is 0 Å². The molecular formula is C14H21N3. The third kappa shape index (κ3) is 3.09. The smallest absolute Gasteiger partial charge is 0.0568 e. The Morgan fingerprint density at radius 1 is 1.24 bits per heavy atom. The zero-order valence-corrected chi connectivity index (χ0v) is 11.1. The molecule has 0 aliphatic heterocycles. The Hall–Kier alpha value is -1.77. The van der Waals surface area contributed by atoms with Crippen molar-refractivity contribution in [3.8, 4) is 11.1 Å². The predicted octanol–water partition coefficient (Wildman–Crippen LogP) is 3.26. The monoisotopic (exact) mass is 231 g/mol. The first-order chi connectivity index (χ1) is 8.20. The Bertz CT molecular complexity index is 472. The molecule has 0 radical (unpaired) electrons. The Balaban J connectivity index is 0.000000686. The summed E-state index contributed by atoms with van der Waals surface area (Å²) in [6, 6.07) is 6.18. The molecule has 0 aliphatic rings. The SMILES string of the molecule is CC.CCc1ccc(-c2cnn(C)c2)cc1N. The summed E-state index contributed by atoms with van der Waals surface area (Å²) in [6.07, 6.45) is 4.81. The van der Waals surface area contributed by atoms with Gasteiger partial charge in [-0.25, -0.2) is 0 Å². The van der Waals surface area contributed by atoms with Crippen molar-refractivity contribution in [2.45, 2.75) is 27.2 Å². The van der Waals surface area contributed by atoms with Gasteiger partial charge in [0.05, 0.1) is 6.20 Å². The summed E-state index contributed by atoms with van der Waals surface area (Å²) in [5.41, 5.74) is 10.2. The van der Waals surface area contributed by atoms with Crippen LogP contribution in [0.4, 0.5) is 5.69 Å². The topological polar surface area (TPSA) is 43.8 Å². The summed E-state index contributed by atoms with van der Waals surface area (Å²) in [5.74, 6) is 0. The number of aromatic nitrogens is 2. The van der Waals surface area contributed by atoms with Gasteiger partial charge in [0.25, 0.3) is 0 Å². The van der Waals surface area contributed by atoms with Crippen LogP contribution in [0, 0.1) is 0 Å². The quantitative estimate of drug-likeness (QED) is 0.806. The van der Waals surface area contributed by atoms with Crippen LogP contribution in [0.25, 0.3) is 11.1 Å². The van der Waals surface area contributed by atoms with Crippen LogP contribution in [0.5, 0.6) is 0 Å². The highest BCUT2D eigenvalue weighted by atomic mass is 15.2. The van der Waals surface area contributed by atoms with Gasteiger partial charge in [0, 0.05) is 24.5 Å². The number of nitrogens with two attached hydrogens (primary N) is 1. The van der Waals surface area contributed by atoms with Gasteiger partial charge in [-0.1, -0.05) is 32.9 Å². The Labute approximate surface area is 103 Å². The third-order valence-electron chi connectivity index (χ3n) is 2.56. The number of nitrogens with zero attached hydrogens (tertiary/aromatic N) is 2. The van der Waals surface area contributed by atoms with E-state index in [0.717, 1.165) is 23.2 Å². The van der Waals surface area contributed by atoms with Crippen LogP contribution >= 0.6 is 0 Å². The van der Waals surface area contributed by atoms with E-state index < -0.39 is 0 Å². The zero-order valence-electron chi connectivity index (χ0n) is 11.1. The van der Waals surface area contributed by atoms with Crippen LogP contribution in [0.15, 0.2) is 30.6 Å². The molecule has 0 unspecified atom stereocenters. The first-order valence-corrected chi connectivity index (χ1v) is 6.08. The molecule has 1 aromatic carbocycles. The fraction of sp³-hybridized carbons (Fsp3) is 0.357. The highest BCUT2D eigenvalue weighted by Gasteiger charge is 2.03. The number of aryl methyl sites for hydroxylation is 2. The molecule has 92 valence electrons. The first-order valence-electron chi connectivity index (χ1n) is 6.08. The summed E-state index contributed by atoms with van der Waals surface area (Å²) >= 11 is 0. The molecule has 0 fully saturated rings. The van der Waals surface area contributed by atoms with Crippen molar-refractivity contribution in [2.75, 3.05) is 5.73 Å². The van der Waals surface area contributed by atoms with Gasteiger partial charge < -0.3 is 5.73 Å². The van der Waals surface area contributed by atoms with Crippen molar-refractivity contribution in [1.82, 2.24) is 9.78 Å². The van der Waals surface area contributed by atoms with Crippen molar-refractivity contribution in [2.24, 2.45) is 7.05 Å². The normalized spacial score (nSPS) is 9.65. The fourth-order valence-electron chi connectivity index (χ4n) is 1.67. The maximum Gasteiger partial charge on any atom is 0.0568 e. The van der Waals surface area contributed by atoms with Crippen molar-refractivity contribution >= 4 is 5.69 Å². The van der Waals surface area contributed by atoms with E-state index in [0.29, 0.717) is 0 Å². The van der Waals surface area contributed by atoms with Crippen molar-refractivity contribution < 1.29 is 0 Å². The summed E-state index contributed by atoms with van der Waals surface area (Å²) in [7, 11) is 1.91. The van der Waals surface area contributed by atoms with Gasteiger partial charge in [-0.2, -0.15) is 5.10 Å². The molecule has 0 amide bonds. The maximum absolute atomic E-state index is 5.95. The Kier molecular flexibility index (Phi) is 4.76. The molecule has 1 heterocycles. The van der Waals surface area contributed by atoms with E-state index >= 15 is 0 Å². The second-order valence-corrected chi connectivity index (χ2v) is 3.67. The largest absolute Gasteiger partial charge is 0.398 e. The fourth-order valence-corrected chi connectivity index (χ4v) is 1.67. The molecular weight excluding hydrogens is 210 g/mol. The molecule has 0 bridgehead atoms. The Morgan fingerprint density at radius 2 is 1.94 bits per heavy atom. The van der Waals surface area contributed by atoms with E-state index in [1.165, 1.54) is 5.56 Å². The van der Waals surface area contributed by atoms with Gasteiger partial charge in [0.15, 0.2) is 0 Å². The minimum absolute atomic E-state index is 0.860. The van der Waals surface area contributed by atoms with Gasteiger partial charge in [0.2, 0.25) is 0 Å². The predicted molar refractivity (Wildman–Crippen MR) is 73.8 cm³/mol. The standard InChI is InChI=1S/C12H15N3.C2H6/c1-3-9-4-5-10(6-12(9)13)11-7-14-15(2)8-11;1-2/h4-8H,3,13H2,1-2H3;1-2H3. The minimum Gasteiger partial charge on any atom is -0.398 e. The molecule has 2 aromatic rings. The third-order valence-corrected chi connectivity index (χ3v) is 2.56. The summed E-state index contributed by atoms with van der Waals surface area (Å²) in [5, 5.41) is 4.14. The van der Waals surface area contributed by atoms with E-state index in [1.54, 1.807) is 4.68 Å². The zero-order chi connectivity index (χ0) is 12.8. The van der Waals surface area contributed by atoms with Crippen LogP contribution in [0.1, 0.15) is 26.3 Å². The van der Waals surface area contributed by atoms with E-state index in [1.807, 2.05) is 39.4 Å². The van der Waals surface area contributed by atoms with Crippen molar-refractivity contribution in [3.63, 3.8) is 0 Å². The molecule has 0 spiro atoms.